The molecule has 0 unspecified atom stereocenters. The minimum absolute atomic E-state index is 0.199. The Morgan fingerprint density at radius 3 is 2.23 bits per heavy atom. The van der Waals surface area contributed by atoms with Gasteiger partial charge in [0.25, 0.3) is 5.91 Å². The summed E-state index contributed by atoms with van der Waals surface area (Å²) in [6, 6.07) is 18.3. The van der Waals surface area contributed by atoms with Crippen LogP contribution >= 0.6 is 15.9 Å². The van der Waals surface area contributed by atoms with Crippen molar-refractivity contribution in [3.63, 3.8) is 0 Å². The Balaban J connectivity index is 1.72. The van der Waals surface area contributed by atoms with Gasteiger partial charge in [-0.25, -0.2) is 8.42 Å². The number of hydrogen-bond donors (Lipinski definition) is 2. The third-order valence-corrected chi connectivity index (χ3v) is 6.83. The summed E-state index contributed by atoms with van der Waals surface area (Å²) in [4.78, 5) is 12.8. The Morgan fingerprint density at radius 2 is 1.60 bits per heavy atom. The summed E-state index contributed by atoms with van der Waals surface area (Å²) in [5.41, 5.74) is 4.44. The van der Waals surface area contributed by atoms with Gasteiger partial charge in [-0.15, -0.1) is 0 Å². The van der Waals surface area contributed by atoms with E-state index >= 15 is 0 Å². The van der Waals surface area contributed by atoms with Crippen molar-refractivity contribution in [1.29, 1.82) is 0 Å². The monoisotopic (exact) mass is 486 g/mol. The molecule has 0 aliphatic rings. The number of aryl methyl sites for hydroxylation is 1. The Morgan fingerprint density at radius 1 is 0.933 bits per heavy atom. The lowest BCUT2D eigenvalue weighted by Gasteiger charge is -2.15. The smallest absolute Gasteiger partial charge is 0.255 e. The van der Waals surface area contributed by atoms with Crippen LogP contribution in [-0.2, 0) is 16.4 Å². The van der Waals surface area contributed by atoms with E-state index < -0.39 is 9.84 Å². The number of carbonyl (C=O) groups is 1. The van der Waals surface area contributed by atoms with Gasteiger partial charge in [-0.2, -0.15) is 0 Å². The van der Waals surface area contributed by atoms with Gasteiger partial charge in [0.2, 0.25) is 0 Å². The SMILES string of the molecule is Cc1ccc(NCc2ccc(C(=O)Nc3ccccc3Br)cc2)c(S(C)(=O)=O)c1C. The van der Waals surface area contributed by atoms with Crippen LogP contribution in [-0.4, -0.2) is 20.6 Å². The number of halogens is 1. The fraction of sp³-hybridized carbons (Fsp3) is 0.174. The standard InChI is InChI=1S/C23H23BrN2O3S/c1-15-8-13-21(22(16(15)2)30(3,28)29)25-14-17-9-11-18(12-10-17)23(27)26-20-7-5-4-6-19(20)24/h4-13,25H,14H2,1-3H3,(H,26,27). The van der Waals surface area contributed by atoms with Crippen molar-refractivity contribution in [2.24, 2.45) is 0 Å². The van der Waals surface area contributed by atoms with E-state index in [4.69, 9.17) is 0 Å². The molecule has 0 aliphatic heterocycles. The number of rotatable bonds is 6. The number of para-hydroxylation sites is 1. The topological polar surface area (TPSA) is 75.3 Å². The molecule has 0 spiro atoms. The summed E-state index contributed by atoms with van der Waals surface area (Å²) >= 11 is 3.41. The van der Waals surface area contributed by atoms with Crippen molar-refractivity contribution in [2.75, 3.05) is 16.9 Å². The molecule has 0 bridgehead atoms. The molecule has 0 saturated heterocycles. The Bertz CT molecular complexity index is 1190. The predicted octanol–water partition coefficient (Wildman–Crippen LogP) is 5.33. The highest BCUT2D eigenvalue weighted by Crippen LogP contribution is 2.28. The molecule has 1 amide bonds. The van der Waals surface area contributed by atoms with Crippen LogP contribution in [0.1, 0.15) is 27.0 Å². The van der Waals surface area contributed by atoms with Gasteiger partial charge in [0.1, 0.15) is 0 Å². The van der Waals surface area contributed by atoms with Gasteiger partial charge in [-0.1, -0.05) is 30.3 Å². The number of amides is 1. The first-order valence-electron chi connectivity index (χ1n) is 9.36. The lowest BCUT2D eigenvalue weighted by atomic mass is 10.1. The summed E-state index contributed by atoms with van der Waals surface area (Å²) in [6.07, 6.45) is 1.22. The lowest BCUT2D eigenvalue weighted by molar-refractivity contribution is 0.102. The molecule has 3 aromatic carbocycles. The number of anilines is 2. The summed E-state index contributed by atoms with van der Waals surface area (Å²) in [5.74, 6) is -0.199. The first-order chi connectivity index (χ1) is 14.2. The Kier molecular flexibility index (Phi) is 6.63. The number of carbonyl (C=O) groups excluding carboxylic acids is 1. The van der Waals surface area contributed by atoms with E-state index in [1.165, 1.54) is 6.26 Å². The van der Waals surface area contributed by atoms with Crippen molar-refractivity contribution in [2.45, 2.75) is 25.3 Å². The van der Waals surface area contributed by atoms with E-state index in [-0.39, 0.29) is 5.91 Å². The zero-order valence-electron chi connectivity index (χ0n) is 17.0. The zero-order chi connectivity index (χ0) is 21.9. The van der Waals surface area contributed by atoms with Crippen LogP contribution in [0.4, 0.5) is 11.4 Å². The van der Waals surface area contributed by atoms with Crippen LogP contribution in [0, 0.1) is 13.8 Å². The highest BCUT2D eigenvalue weighted by molar-refractivity contribution is 9.10. The molecular formula is C23H23BrN2O3S. The van der Waals surface area contributed by atoms with E-state index in [0.717, 1.165) is 21.2 Å². The van der Waals surface area contributed by atoms with Crippen molar-refractivity contribution < 1.29 is 13.2 Å². The molecule has 3 aromatic rings. The highest BCUT2D eigenvalue weighted by Gasteiger charge is 2.17. The minimum atomic E-state index is -3.36. The molecule has 0 radical (unpaired) electrons. The third-order valence-electron chi connectivity index (χ3n) is 4.87. The van der Waals surface area contributed by atoms with Gasteiger partial charge in [0.15, 0.2) is 9.84 Å². The molecule has 0 aromatic heterocycles. The molecule has 3 rings (SSSR count). The fourth-order valence-corrected chi connectivity index (χ4v) is 4.78. The molecule has 0 saturated carbocycles. The second kappa shape index (κ2) is 9.02. The fourth-order valence-electron chi connectivity index (χ4n) is 3.14. The minimum Gasteiger partial charge on any atom is -0.380 e. The molecule has 2 N–H and O–H groups in total. The Labute approximate surface area is 185 Å². The number of benzene rings is 3. The molecular weight excluding hydrogens is 464 g/mol. The zero-order valence-corrected chi connectivity index (χ0v) is 19.4. The van der Waals surface area contributed by atoms with E-state index in [2.05, 4.69) is 26.6 Å². The predicted molar refractivity (Wildman–Crippen MR) is 125 cm³/mol. The highest BCUT2D eigenvalue weighted by atomic mass is 79.9. The maximum Gasteiger partial charge on any atom is 0.255 e. The van der Waals surface area contributed by atoms with Crippen LogP contribution in [0.5, 0.6) is 0 Å². The van der Waals surface area contributed by atoms with Crippen molar-refractivity contribution in [1.82, 2.24) is 0 Å². The van der Waals surface area contributed by atoms with E-state index in [1.807, 2.05) is 56.3 Å². The van der Waals surface area contributed by atoms with Gasteiger partial charge < -0.3 is 10.6 Å². The lowest BCUT2D eigenvalue weighted by Crippen LogP contribution is -2.12. The summed E-state index contributed by atoms with van der Waals surface area (Å²) in [5, 5.41) is 6.09. The van der Waals surface area contributed by atoms with Gasteiger partial charge in [0.05, 0.1) is 16.3 Å². The number of sulfone groups is 1. The van der Waals surface area contributed by atoms with E-state index in [0.29, 0.717) is 28.4 Å². The van der Waals surface area contributed by atoms with Crippen LogP contribution in [0.3, 0.4) is 0 Å². The van der Waals surface area contributed by atoms with E-state index in [9.17, 15) is 13.2 Å². The van der Waals surface area contributed by atoms with Crippen molar-refractivity contribution in [3.05, 3.63) is 87.4 Å². The Hall–Kier alpha value is -2.64. The van der Waals surface area contributed by atoms with Crippen molar-refractivity contribution in [3.8, 4) is 0 Å². The normalized spacial score (nSPS) is 11.2. The summed E-state index contributed by atoms with van der Waals surface area (Å²) in [7, 11) is -3.36. The first-order valence-corrected chi connectivity index (χ1v) is 12.0. The maximum atomic E-state index is 12.5. The molecule has 0 aliphatic carbocycles. The largest absolute Gasteiger partial charge is 0.380 e. The molecule has 0 heterocycles. The quantitative estimate of drug-likeness (QED) is 0.493. The average Bonchev–Trinajstić information content (AvgIpc) is 2.70. The molecule has 30 heavy (non-hydrogen) atoms. The molecule has 0 atom stereocenters. The third kappa shape index (κ3) is 5.09. The number of nitrogens with one attached hydrogen (secondary N) is 2. The molecule has 156 valence electrons. The van der Waals surface area contributed by atoms with Crippen LogP contribution in [0.15, 0.2) is 70.0 Å². The number of hydrogen-bond acceptors (Lipinski definition) is 4. The van der Waals surface area contributed by atoms with Crippen LogP contribution in [0.2, 0.25) is 0 Å². The maximum absolute atomic E-state index is 12.5. The van der Waals surface area contributed by atoms with Gasteiger partial charge in [0, 0.05) is 22.8 Å². The summed E-state index contributed by atoms with van der Waals surface area (Å²) in [6.45, 7) is 4.15. The second-order valence-electron chi connectivity index (χ2n) is 7.14. The van der Waals surface area contributed by atoms with Gasteiger partial charge in [-0.05, 0) is 76.8 Å². The van der Waals surface area contributed by atoms with Gasteiger partial charge in [-0.3, -0.25) is 4.79 Å². The first kappa shape index (κ1) is 22.1. The van der Waals surface area contributed by atoms with E-state index in [1.54, 1.807) is 18.2 Å². The van der Waals surface area contributed by atoms with Crippen molar-refractivity contribution >= 4 is 43.0 Å². The summed E-state index contributed by atoms with van der Waals surface area (Å²) < 4.78 is 25.3. The molecule has 5 nitrogen and oxygen atoms in total. The molecule has 7 heteroatoms. The van der Waals surface area contributed by atoms with Crippen LogP contribution < -0.4 is 10.6 Å². The van der Waals surface area contributed by atoms with Crippen LogP contribution in [0.25, 0.3) is 0 Å². The average molecular weight is 487 g/mol. The second-order valence-corrected chi connectivity index (χ2v) is 9.95. The van der Waals surface area contributed by atoms with Gasteiger partial charge >= 0.3 is 0 Å². The molecule has 0 fully saturated rings.